The number of allylic oxidation sites excluding steroid dienone is 2. The highest BCUT2D eigenvalue weighted by Crippen LogP contribution is 2.30. The van der Waals surface area contributed by atoms with E-state index in [9.17, 15) is 4.79 Å². The highest BCUT2D eigenvalue weighted by Gasteiger charge is 2.25. The van der Waals surface area contributed by atoms with E-state index in [4.69, 9.17) is 4.74 Å². The van der Waals surface area contributed by atoms with Gasteiger partial charge in [-0.05, 0) is 44.1 Å². The molecule has 0 amide bonds. The first-order chi connectivity index (χ1) is 7.90. The lowest BCUT2D eigenvalue weighted by molar-refractivity contribution is -0.149. The van der Waals surface area contributed by atoms with E-state index in [1.165, 1.54) is 11.1 Å². The van der Waals surface area contributed by atoms with E-state index in [2.05, 4.69) is 12.7 Å². The molecule has 0 radical (unpaired) electrons. The minimum absolute atomic E-state index is 0.0447. The fourth-order valence-electron chi connectivity index (χ4n) is 2.08. The molecule has 0 bridgehead atoms. The molecular formula is C15H24O2. The zero-order valence-electron chi connectivity index (χ0n) is 11.5. The summed E-state index contributed by atoms with van der Waals surface area (Å²) < 4.78 is 5.55. The first-order valence-electron chi connectivity index (χ1n) is 6.41. The maximum atomic E-state index is 11.7. The van der Waals surface area contributed by atoms with Gasteiger partial charge in [-0.15, -0.1) is 0 Å². The minimum Gasteiger partial charge on any atom is -0.458 e. The summed E-state index contributed by atoms with van der Waals surface area (Å²) in [5, 5.41) is 0. The fraction of sp³-hybridized carbons (Fsp3) is 0.667. The number of hydrogen-bond acceptors (Lipinski definition) is 2. The second kappa shape index (κ2) is 6.04. The monoisotopic (exact) mass is 236 g/mol. The first-order valence-corrected chi connectivity index (χ1v) is 6.41. The molecule has 0 heterocycles. The molecule has 0 unspecified atom stereocenters. The third kappa shape index (κ3) is 4.37. The molecule has 0 saturated heterocycles. The van der Waals surface area contributed by atoms with Crippen LogP contribution >= 0.6 is 0 Å². The molecule has 0 saturated carbocycles. The molecule has 17 heavy (non-hydrogen) atoms. The zero-order chi connectivity index (χ0) is 13.0. The van der Waals surface area contributed by atoms with Crippen LogP contribution in [0.3, 0.4) is 0 Å². The highest BCUT2D eigenvalue weighted by atomic mass is 16.5. The van der Waals surface area contributed by atoms with Gasteiger partial charge in [0.2, 0.25) is 0 Å². The molecular weight excluding hydrogens is 212 g/mol. The van der Waals surface area contributed by atoms with E-state index in [0.717, 1.165) is 12.8 Å². The molecule has 2 atom stereocenters. The lowest BCUT2D eigenvalue weighted by Gasteiger charge is -2.28. The van der Waals surface area contributed by atoms with Gasteiger partial charge < -0.3 is 4.74 Å². The average Bonchev–Trinajstić information content (AvgIpc) is 2.19. The van der Waals surface area contributed by atoms with Gasteiger partial charge in [-0.3, -0.25) is 4.79 Å². The summed E-state index contributed by atoms with van der Waals surface area (Å²) in [5.41, 5.74) is 2.36. The number of rotatable bonds is 4. The topological polar surface area (TPSA) is 26.3 Å². The van der Waals surface area contributed by atoms with Crippen LogP contribution in [0.5, 0.6) is 0 Å². The van der Waals surface area contributed by atoms with Crippen LogP contribution < -0.4 is 0 Å². The Hall–Kier alpha value is -1.05. The molecule has 0 spiro atoms. The molecule has 96 valence electrons. The second-order valence-electron chi connectivity index (χ2n) is 5.54. The summed E-state index contributed by atoms with van der Waals surface area (Å²) in [4.78, 5) is 11.7. The van der Waals surface area contributed by atoms with Gasteiger partial charge in [-0.25, -0.2) is 0 Å². The lowest BCUT2D eigenvalue weighted by atomic mass is 9.84. The molecule has 0 aromatic carbocycles. The number of carbonyl (C=O) groups is 1. The van der Waals surface area contributed by atoms with Crippen molar-refractivity contribution < 1.29 is 9.53 Å². The number of carbonyl (C=O) groups excluding carboxylic acids is 1. The quantitative estimate of drug-likeness (QED) is 0.547. The Kier molecular flexibility index (Phi) is 4.98. The van der Waals surface area contributed by atoms with Crippen molar-refractivity contribution in [1.82, 2.24) is 0 Å². The summed E-state index contributed by atoms with van der Waals surface area (Å²) in [7, 11) is 0. The Morgan fingerprint density at radius 1 is 1.59 bits per heavy atom. The van der Waals surface area contributed by atoms with Gasteiger partial charge in [-0.1, -0.05) is 32.1 Å². The van der Waals surface area contributed by atoms with Crippen molar-refractivity contribution in [2.24, 2.45) is 11.8 Å². The van der Waals surface area contributed by atoms with E-state index in [1.54, 1.807) is 0 Å². The smallest absolute Gasteiger partial charge is 0.306 e. The van der Waals surface area contributed by atoms with Crippen LogP contribution in [0.4, 0.5) is 0 Å². The van der Waals surface area contributed by atoms with Crippen molar-refractivity contribution in [2.45, 2.75) is 53.1 Å². The van der Waals surface area contributed by atoms with Crippen LogP contribution in [0, 0.1) is 11.8 Å². The van der Waals surface area contributed by atoms with Crippen molar-refractivity contribution in [3.05, 3.63) is 23.8 Å². The van der Waals surface area contributed by atoms with Crippen LogP contribution in [-0.2, 0) is 9.53 Å². The largest absolute Gasteiger partial charge is 0.458 e. The van der Waals surface area contributed by atoms with Crippen molar-refractivity contribution in [2.75, 3.05) is 0 Å². The van der Waals surface area contributed by atoms with Crippen LogP contribution in [0.1, 0.15) is 47.0 Å². The van der Waals surface area contributed by atoms with Gasteiger partial charge in [0.15, 0.2) is 0 Å². The number of esters is 1. The standard InChI is InChI=1S/C15H24O2/c1-10(2)8-15(16)17-14-9-13(11(3)4)7-6-12(14)5/h6,10,13-14H,3,7-9H2,1-2,4-5H3/t13-,14-/m1/s1. The molecule has 0 aromatic heterocycles. The predicted octanol–water partition coefficient (Wildman–Crippen LogP) is 3.88. The Morgan fingerprint density at radius 3 is 2.76 bits per heavy atom. The molecule has 2 heteroatoms. The Morgan fingerprint density at radius 2 is 2.24 bits per heavy atom. The highest BCUT2D eigenvalue weighted by molar-refractivity contribution is 5.70. The zero-order valence-corrected chi connectivity index (χ0v) is 11.5. The fourth-order valence-corrected chi connectivity index (χ4v) is 2.08. The Balaban J connectivity index is 2.57. The predicted molar refractivity (Wildman–Crippen MR) is 70.6 cm³/mol. The van der Waals surface area contributed by atoms with E-state index >= 15 is 0 Å². The summed E-state index contributed by atoms with van der Waals surface area (Å²) in [6.45, 7) is 12.1. The minimum atomic E-state index is -0.0832. The maximum absolute atomic E-state index is 11.7. The van der Waals surface area contributed by atoms with Gasteiger partial charge in [0.25, 0.3) is 0 Å². The van der Waals surface area contributed by atoms with Crippen molar-refractivity contribution in [3.63, 3.8) is 0 Å². The third-order valence-corrected chi connectivity index (χ3v) is 3.28. The third-order valence-electron chi connectivity index (χ3n) is 3.28. The second-order valence-corrected chi connectivity index (χ2v) is 5.54. The molecule has 0 fully saturated rings. The van der Waals surface area contributed by atoms with Crippen molar-refractivity contribution >= 4 is 5.97 Å². The van der Waals surface area contributed by atoms with Gasteiger partial charge in [0, 0.05) is 6.42 Å². The van der Waals surface area contributed by atoms with Crippen molar-refractivity contribution in [1.29, 1.82) is 0 Å². The molecule has 1 aliphatic rings. The van der Waals surface area contributed by atoms with Gasteiger partial charge in [-0.2, -0.15) is 0 Å². The summed E-state index contributed by atoms with van der Waals surface area (Å²) in [5.74, 6) is 0.725. The molecule has 1 rings (SSSR count). The molecule has 2 nitrogen and oxygen atoms in total. The summed E-state index contributed by atoms with van der Waals surface area (Å²) in [6.07, 6.45) is 4.55. The number of hydrogen-bond donors (Lipinski definition) is 0. The van der Waals surface area contributed by atoms with Crippen molar-refractivity contribution in [3.8, 4) is 0 Å². The van der Waals surface area contributed by atoms with Gasteiger partial charge in [0.05, 0.1) is 0 Å². The van der Waals surface area contributed by atoms with Crippen LogP contribution in [0.2, 0.25) is 0 Å². The molecule has 1 aliphatic carbocycles. The summed E-state index contributed by atoms with van der Waals surface area (Å²) >= 11 is 0. The lowest BCUT2D eigenvalue weighted by Crippen LogP contribution is -2.26. The molecule has 0 N–H and O–H groups in total. The molecule has 0 aromatic rings. The van der Waals surface area contributed by atoms with E-state index in [1.807, 2.05) is 27.7 Å². The van der Waals surface area contributed by atoms with E-state index < -0.39 is 0 Å². The number of ether oxygens (including phenoxy) is 1. The average molecular weight is 236 g/mol. The summed E-state index contributed by atoms with van der Waals surface area (Å²) in [6, 6.07) is 0. The van der Waals surface area contributed by atoms with E-state index in [0.29, 0.717) is 18.3 Å². The molecule has 0 aliphatic heterocycles. The van der Waals surface area contributed by atoms with Crippen LogP contribution in [0.15, 0.2) is 23.8 Å². The SMILES string of the molecule is C=C(C)[C@@H]1CC=C(C)[C@H](OC(=O)CC(C)C)C1. The van der Waals surface area contributed by atoms with Gasteiger partial charge in [0.1, 0.15) is 6.10 Å². The Bertz CT molecular complexity index is 326. The normalized spacial score (nSPS) is 24.4. The first kappa shape index (κ1) is 14.0. The van der Waals surface area contributed by atoms with Gasteiger partial charge >= 0.3 is 5.97 Å². The Labute approximate surface area is 105 Å². The van der Waals surface area contributed by atoms with Crippen LogP contribution in [0.25, 0.3) is 0 Å². The van der Waals surface area contributed by atoms with E-state index in [-0.39, 0.29) is 12.1 Å². The maximum Gasteiger partial charge on any atom is 0.306 e. The van der Waals surface area contributed by atoms with Crippen LogP contribution in [-0.4, -0.2) is 12.1 Å².